The van der Waals surface area contributed by atoms with E-state index in [0.29, 0.717) is 15.9 Å². The fourth-order valence-corrected chi connectivity index (χ4v) is 2.84. The van der Waals surface area contributed by atoms with Gasteiger partial charge in [-0.05, 0) is 60.6 Å². The molecule has 0 aliphatic heterocycles. The van der Waals surface area contributed by atoms with Gasteiger partial charge >= 0.3 is 5.97 Å². The zero-order chi connectivity index (χ0) is 19.2. The van der Waals surface area contributed by atoms with E-state index < -0.39 is 11.6 Å². The standard InChI is InChI=1S/C19H22IN3O3/c1-19(2,3)26-18(24)16-14(9-15(20)23-17(16)22-12-21)11-25-10-13-7-5-4-6-8-13/h4-9,12H,10-11H2,1-3H3,(H2,21,22,23). The van der Waals surface area contributed by atoms with Gasteiger partial charge < -0.3 is 15.2 Å². The summed E-state index contributed by atoms with van der Waals surface area (Å²) in [5.41, 5.74) is 6.77. The fourth-order valence-electron chi connectivity index (χ4n) is 2.23. The van der Waals surface area contributed by atoms with Crippen LogP contribution in [0.2, 0.25) is 0 Å². The van der Waals surface area contributed by atoms with E-state index >= 15 is 0 Å². The first-order chi connectivity index (χ1) is 12.3. The number of rotatable bonds is 6. The minimum absolute atomic E-state index is 0.229. The number of carbonyl (C=O) groups excluding carboxylic acids is 1. The quantitative estimate of drug-likeness (QED) is 0.228. The second-order valence-corrected chi connectivity index (χ2v) is 7.67. The van der Waals surface area contributed by atoms with Crippen molar-refractivity contribution in [2.45, 2.75) is 39.6 Å². The summed E-state index contributed by atoms with van der Waals surface area (Å²) in [5, 5.41) is 0. The maximum absolute atomic E-state index is 12.7. The van der Waals surface area contributed by atoms with Gasteiger partial charge in [0.1, 0.15) is 14.9 Å². The highest BCUT2D eigenvalue weighted by atomic mass is 127. The third kappa shape index (κ3) is 6.06. The first kappa shape index (κ1) is 20.3. The minimum atomic E-state index is -0.633. The van der Waals surface area contributed by atoms with Crippen LogP contribution >= 0.6 is 22.6 Å². The zero-order valence-electron chi connectivity index (χ0n) is 15.0. The van der Waals surface area contributed by atoms with Gasteiger partial charge in [-0.2, -0.15) is 0 Å². The van der Waals surface area contributed by atoms with Gasteiger partial charge in [0.25, 0.3) is 0 Å². The third-order valence-corrected chi connectivity index (χ3v) is 3.77. The number of halogens is 1. The lowest BCUT2D eigenvalue weighted by Crippen LogP contribution is -2.25. The maximum atomic E-state index is 12.7. The van der Waals surface area contributed by atoms with Crippen LogP contribution in [-0.4, -0.2) is 22.9 Å². The zero-order valence-corrected chi connectivity index (χ0v) is 17.2. The number of esters is 1. The van der Waals surface area contributed by atoms with Crippen molar-refractivity contribution in [3.8, 4) is 0 Å². The van der Waals surface area contributed by atoms with Crippen molar-refractivity contribution < 1.29 is 14.3 Å². The van der Waals surface area contributed by atoms with Gasteiger partial charge in [-0.25, -0.2) is 14.8 Å². The summed E-state index contributed by atoms with van der Waals surface area (Å²) >= 11 is 2.07. The molecule has 138 valence electrons. The molecule has 2 aromatic rings. The number of carbonyl (C=O) groups is 1. The SMILES string of the molecule is CC(C)(C)OC(=O)c1c(COCc2ccccc2)cc(I)nc1N=CN. The summed E-state index contributed by atoms with van der Waals surface area (Å²) < 4.78 is 12.0. The molecule has 26 heavy (non-hydrogen) atoms. The second-order valence-electron chi connectivity index (χ2n) is 6.56. The molecular weight excluding hydrogens is 445 g/mol. The Morgan fingerprint density at radius 3 is 2.58 bits per heavy atom. The van der Waals surface area contributed by atoms with Gasteiger partial charge in [0.2, 0.25) is 0 Å². The van der Waals surface area contributed by atoms with Gasteiger partial charge in [0, 0.05) is 0 Å². The van der Waals surface area contributed by atoms with E-state index in [0.717, 1.165) is 11.9 Å². The molecule has 7 heteroatoms. The topological polar surface area (TPSA) is 86.8 Å². The monoisotopic (exact) mass is 467 g/mol. The maximum Gasteiger partial charge on any atom is 0.342 e. The molecule has 0 aliphatic rings. The molecule has 0 unspecified atom stereocenters. The normalized spacial score (nSPS) is 11.7. The van der Waals surface area contributed by atoms with Crippen LogP contribution < -0.4 is 5.73 Å². The summed E-state index contributed by atoms with van der Waals surface area (Å²) in [6.45, 7) is 6.09. The molecule has 1 heterocycles. The van der Waals surface area contributed by atoms with Crippen LogP contribution in [0.3, 0.4) is 0 Å². The number of benzene rings is 1. The lowest BCUT2D eigenvalue weighted by atomic mass is 10.1. The number of ether oxygens (including phenoxy) is 2. The Morgan fingerprint density at radius 2 is 1.96 bits per heavy atom. The van der Waals surface area contributed by atoms with E-state index in [1.807, 2.05) is 51.1 Å². The van der Waals surface area contributed by atoms with Crippen LogP contribution in [0.4, 0.5) is 5.82 Å². The molecule has 0 saturated heterocycles. The molecule has 1 aromatic heterocycles. The summed E-state index contributed by atoms with van der Waals surface area (Å²) in [6, 6.07) is 11.6. The number of pyridine rings is 1. The second kappa shape index (κ2) is 9.09. The van der Waals surface area contributed by atoms with Crippen LogP contribution in [0.25, 0.3) is 0 Å². The minimum Gasteiger partial charge on any atom is -0.456 e. The summed E-state index contributed by atoms with van der Waals surface area (Å²) in [4.78, 5) is 21.0. The first-order valence-electron chi connectivity index (χ1n) is 8.09. The Labute approximate surface area is 167 Å². The molecule has 0 fully saturated rings. The van der Waals surface area contributed by atoms with Crippen LogP contribution in [-0.2, 0) is 22.7 Å². The van der Waals surface area contributed by atoms with E-state index in [4.69, 9.17) is 15.2 Å². The van der Waals surface area contributed by atoms with Crippen molar-refractivity contribution in [1.82, 2.24) is 4.98 Å². The Bertz CT molecular complexity index is 787. The molecule has 0 spiro atoms. The van der Waals surface area contributed by atoms with E-state index in [9.17, 15) is 4.79 Å². The Balaban J connectivity index is 2.29. The predicted molar refractivity (Wildman–Crippen MR) is 109 cm³/mol. The average molecular weight is 467 g/mol. The summed E-state index contributed by atoms with van der Waals surface area (Å²) in [5.74, 6) is -0.271. The lowest BCUT2D eigenvalue weighted by molar-refractivity contribution is 0.00647. The molecule has 0 bridgehead atoms. The van der Waals surface area contributed by atoms with Gasteiger partial charge in [-0.1, -0.05) is 30.3 Å². The highest BCUT2D eigenvalue weighted by Crippen LogP contribution is 2.26. The lowest BCUT2D eigenvalue weighted by Gasteiger charge is -2.21. The molecule has 0 saturated carbocycles. The van der Waals surface area contributed by atoms with Crippen molar-refractivity contribution in [2.75, 3.05) is 0 Å². The van der Waals surface area contributed by atoms with Crippen LogP contribution in [0.5, 0.6) is 0 Å². The molecule has 0 aliphatic carbocycles. The largest absolute Gasteiger partial charge is 0.456 e. The average Bonchev–Trinajstić information content (AvgIpc) is 2.54. The van der Waals surface area contributed by atoms with E-state index in [1.54, 1.807) is 6.07 Å². The number of nitrogens with two attached hydrogens (primary N) is 1. The van der Waals surface area contributed by atoms with Crippen LogP contribution in [0.15, 0.2) is 41.4 Å². The molecule has 2 rings (SSSR count). The molecule has 6 nitrogen and oxygen atoms in total. The molecular formula is C19H22IN3O3. The Kier molecular flexibility index (Phi) is 7.10. The van der Waals surface area contributed by atoms with Crippen LogP contribution in [0, 0.1) is 3.70 Å². The van der Waals surface area contributed by atoms with Crippen LogP contribution in [0.1, 0.15) is 42.3 Å². The number of hydrogen-bond donors (Lipinski definition) is 1. The highest BCUT2D eigenvalue weighted by Gasteiger charge is 2.25. The summed E-state index contributed by atoms with van der Waals surface area (Å²) in [6.07, 6.45) is 1.11. The number of hydrogen-bond acceptors (Lipinski definition) is 5. The molecule has 0 atom stereocenters. The third-order valence-electron chi connectivity index (χ3n) is 3.22. The number of nitrogens with zero attached hydrogens (tertiary/aromatic N) is 2. The van der Waals surface area contributed by atoms with Gasteiger partial charge in [-0.3, -0.25) is 0 Å². The van der Waals surface area contributed by atoms with Crippen molar-refractivity contribution in [1.29, 1.82) is 0 Å². The molecule has 1 aromatic carbocycles. The van der Waals surface area contributed by atoms with Crippen molar-refractivity contribution in [3.05, 3.63) is 56.8 Å². The number of aromatic nitrogens is 1. The van der Waals surface area contributed by atoms with Crippen molar-refractivity contribution in [3.63, 3.8) is 0 Å². The van der Waals surface area contributed by atoms with E-state index in [2.05, 4.69) is 32.6 Å². The van der Waals surface area contributed by atoms with E-state index in [-0.39, 0.29) is 18.0 Å². The summed E-state index contributed by atoms with van der Waals surface area (Å²) in [7, 11) is 0. The van der Waals surface area contributed by atoms with Crippen molar-refractivity contribution >= 4 is 40.7 Å². The Hall–Kier alpha value is -2.00. The van der Waals surface area contributed by atoms with Gasteiger partial charge in [0.05, 0.1) is 19.6 Å². The molecule has 0 amide bonds. The molecule has 0 radical (unpaired) electrons. The molecule has 2 N–H and O–H groups in total. The van der Waals surface area contributed by atoms with Gasteiger partial charge in [-0.15, -0.1) is 0 Å². The predicted octanol–water partition coefficient (Wildman–Crippen LogP) is 3.98. The Morgan fingerprint density at radius 1 is 1.27 bits per heavy atom. The highest BCUT2D eigenvalue weighted by molar-refractivity contribution is 14.1. The number of aliphatic imine (C=N–C) groups is 1. The fraction of sp³-hybridized carbons (Fsp3) is 0.316. The van der Waals surface area contributed by atoms with Gasteiger partial charge in [0.15, 0.2) is 5.82 Å². The first-order valence-corrected chi connectivity index (χ1v) is 9.16. The van der Waals surface area contributed by atoms with E-state index in [1.165, 1.54) is 0 Å². The smallest absolute Gasteiger partial charge is 0.342 e. The van der Waals surface area contributed by atoms with Crippen molar-refractivity contribution in [2.24, 2.45) is 10.7 Å².